The third kappa shape index (κ3) is 3.64. The van der Waals surface area contributed by atoms with Gasteiger partial charge < -0.3 is 0 Å². The second-order valence-corrected chi connectivity index (χ2v) is 5.50. The second kappa shape index (κ2) is 6.88. The number of benzene rings is 3. The number of hydrogen-bond acceptors (Lipinski definition) is 2. The highest BCUT2D eigenvalue weighted by Gasteiger charge is 2.16. The van der Waals surface area contributed by atoms with Gasteiger partial charge in [-0.2, -0.15) is 0 Å². The van der Waals surface area contributed by atoms with E-state index in [9.17, 15) is 10.1 Å². The first kappa shape index (κ1) is 15.0. The van der Waals surface area contributed by atoms with Crippen molar-refractivity contribution in [2.45, 2.75) is 12.3 Å². The Hall–Kier alpha value is -2.94. The Bertz CT molecular complexity index is 768. The van der Waals surface area contributed by atoms with Gasteiger partial charge in [0, 0.05) is 18.1 Å². The SMILES string of the molecule is O=[N+]([O-])c1ccc([C@H](Cc2ccccc2)c2ccccc2)cc1. The molecule has 0 aliphatic carbocycles. The first-order chi connectivity index (χ1) is 11.2. The van der Waals surface area contributed by atoms with E-state index in [1.54, 1.807) is 12.1 Å². The summed E-state index contributed by atoms with van der Waals surface area (Å²) in [5, 5.41) is 10.8. The van der Waals surface area contributed by atoms with Crippen molar-refractivity contribution in [1.29, 1.82) is 0 Å². The van der Waals surface area contributed by atoms with Gasteiger partial charge in [-0.1, -0.05) is 72.8 Å². The zero-order chi connectivity index (χ0) is 16.1. The molecule has 3 aromatic carbocycles. The molecule has 0 amide bonds. The molecule has 0 bridgehead atoms. The first-order valence-electron chi connectivity index (χ1n) is 7.57. The van der Waals surface area contributed by atoms with Gasteiger partial charge in [-0.25, -0.2) is 0 Å². The van der Waals surface area contributed by atoms with Crippen LogP contribution >= 0.6 is 0 Å². The standard InChI is InChI=1S/C20H17NO2/c22-21(23)19-13-11-18(12-14-19)20(17-9-5-2-6-10-17)15-16-7-3-1-4-8-16/h1-14,20H,15H2/t20-/m1/s1. The zero-order valence-corrected chi connectivity index (χ0v) is 12.6. The topological polar surface area (TPSA) is 43.1 Å². The van der Waals surface area contributed by atoms with E-state index in [-0.39, 0.29) is 16.5 Å². The van der Waals surface area contributed by atoms with Crippen LogP contribution in [0.1, 0.15) is 22.6 Å². The summed E-state index contributed by atoms with van der Waals surface area (Å²) >= 11 is 0. The summed E-state index contributed by atoms with van der Waals surface area (Å²) in [6.45, 7) is 0. The molecule has 0 unspecified atom stereocenters. The Balaban J connectivity index is 1.96. The van der Waals surface area contributed by atoms with Crippen molar-refractivity contribution in [3.8, 4) is 0 Å². The number of nitrogens with zero attached hydrogens (tertiary/aromatic N) is 1. The van der Waals surface area contributed by atoms with E-state index < -0.39 is 0 Å². The van der Waals surface area contributed by atoms with E-state index in [1.165, 1.54) is 11.1 Å². The smallest absolute Gasteiger partial charge is 0.258 e. The van der Waals surface area contributed by atoms with Crippen molar-refractivity contribution in [3.05, 3.63) is 112 Å². The average molecular weight is 303 g/mol. The molecule has 0 aliphatic rings. The van der Waals surface area contributed by atoms with Crippen molar-refractivity contribution >= 4 is 5.69 Å². The van der Waals surface area contributed by atoms with Crippen LogP contribution in [0.4, 0.5) is 5.69 Å². The molecule has 0 aromatic heterocycles. The Kier molecular flexibility index (Phi) is 4.48. The lowest BCUT2D eigenvalue weighted by atomic mass is 9.86. The van der Waals surface area contributed by atoms with Crippen LogP contribution in [-0.4, -0.2) is 4.92 Å². The fraction of sp³-hybridized carbons (Fsp3) is 0.100. The number of non-ortho nitro benzene ring substituents is 1. The lowest BCUT2D eigenvalue weighted by Gasteiger charge is -2.18. The minimum atomic E-state index is -0.363. The summed E-state index contributed by atoms with van der Waals surface area (Å²) < 4.78 is 0. The summed E-state index contributed by atoms with van der Waals surface area (Å²) in [7, 11) is 0. The van der Waals surface area contributed by atoms with Crippen molar-refractivity contribution in [2.24, 2.45) is 0 Å². The lowest BCUT2D eigenvalue weighted by molar-refractivity contribution is -0.384. The molecule has 1 atom stereocenters. The monoisotopic (exact) mass is 303 g/mol. The molecule has 0 saturated carbocycles. The molecule has 0 aliphatic heterocycles. The minimum Gasteiger partial charge on any atom is -0.258 e. The molecule has 0 fully saturated rings. The van der Waals surface area contributed by atoms with Crippen LogP contribution in [0.25, 0.3) is 0 Å². The van der Waals surface area contributed by atoms with Crippen molar-refractivity contribution in [1.82, 2.24) is 0 Å². The number of nitro benzene ring substituents is 1. The molecule has 0 spiro atoms. The van der Waals surface area contributed by atoms with E-state index in [0.29, 0.717) is 0 Å². The van der Waals surface area contributed by atoms with Crippen molar-refractivity contribution in [3.63, 3.8) is 0 Å². The minimum absolute atomic E-state index is 0.125. The van der Waals surface area contributed by atoms with Gasteiger partial charge in [0.05, 0.1) is 4.92 Å². The molecule has 114 valence electrons. The highest BCUT2D eigenvalue weighted by molar-refractivity contribution is 5.40. The van der Waals surface area contributed by atoms with E-state index >= 15 is 0 Å². The van der Waals surface area contributed by atoms with Gasteiger partial charge in [0.1, 0.15) is 0 Å². The Morgan fingerprint density at radius 1 is 0.739 bits per heavy atom. The summed E-state index contributed by atoms with van der Waals surface area (Å²) in [6, 6.07) is 27.4. The Morgan fingerprint density at radius 3 is 1.83 bits per heavy atom. The highest BCUT2D eigenvalue weighted by atomic mass is 16.6. The third-order valence-corrected chi connectivity index (χ3v) is 3.99. The van der Waals surface area contributed by atoms with Crippen LogP contribution in [0.15, 0.2) is 84.9 Å². The molecule has 3 heteroatoms. The van der Waals surface area contributed by atoms with Gasteiger partial charge >= 0.3 is 0 Å². The van der Waals surface area contributed by atoms with E-state index in [4.69, 9.17) is 0 Å². The second-order valence-electron chi connectivity index (χ2n) is 5.50. The predicted molar refractivity (Wildman–Crippen MR) is 91.5 cm³/mol. The van der Waals surface area contributed by atoms with Crippen molar-refractivity contribution < 1.29 is 4.92 Å². The Labute approximate surface area is 135 Å². The van der Waals surface area contributed by atoms with Crippen LogP contribution in [0, 0.1) is 10.1 Å². The maximum atomic E-state index is 10.8. The van der Waals surface area contributed by atoms with Gasteiger partial charge in [0.15, 0.2) is 0 Å². The van der Waals surface area contributed by atoms with Gasteiger partial charge in [0.25, 0.3) is 5.69 Å². The zero-order valence-electron chi connectivity index (χ0n) is 12.6. The summed E-state index contributed by atoms with van der Waals surface area (Å²) in [4.78, 5) is 10.5. The molecule has 3 nitrogen and oxygen atoms in total. The third-order valence-electron chi connectivity index (χ3n) is 3.99. The summed E-state index contributed by atoms with van der Waals surface area (Å²) in [5.41, 5.74) is 3.68. The van der Waals surface area contributed by atoms with Crippen molar-refractivity contribution in [2.75, 3.05) is 0 Å². The number of rotatable bonds is 5. The van der Waals surface area contributed by atoms with E-state index in [1.807, 2.05) is 48.5 Å². The van der Waals surface area contributed by atoms with Crippen LogP contribution in [-0.2, 0) is 6.42 Å². The Morgan fingerprint density at radius 2 is 1.26 bits per heavy atom. The summed E-state index contributed by atoms with van der Waals surface area (Å²) in [6.07, 6.45) is 0.864. The normalized spacial score (nSPS) is 11.8. The largest absolute Gasteiger partial charge is 0.269 e. The molecular formula is C20H17NO2. The first-order valence-corrected chi connectivity index (χ1v) is 7.57. The van der Waals surface area contributed by atoms with E-state index in [2.05, 4.69) is 24.3 Å². The van der Waals surface area contributed by atoms with Gasteiger partial charge in [-0.15, -0.1) is 0 Å². The van der Waals surface area contributed by atoms with Crippen LogP contribution < -0.4 is 0 Å². The highest BCUT2D eigenvalue weighted by Crippen LogP contribution is 2.29. The fourth-order valence-electron chi connectivity index (χ4n) is 2.79. The number of nitro groups is 1. The maximum Gasteiger partial charge on any atom is 0.269 e. The van der Waals surface area contributed by atoms with E-state index in [0.717, 1.165) is 12.0 Å². The van der Waals surface area contributed by atoms with Gasteiger partial charge in [0.2, 0.25) is 0 Å². The van der Waals surface area contributed by atoms with Crippen LogP contribution in [0.3, 0.4) is 0 Å². The average Bonchev–Trinajstić information content (AvgIpc) is 2.61. The molecule has 0 saturated heterocycles. The lowest BCUT2D eigenvalue weighted by Crippen LogP contribution is -2.05. The molecule has 3 rings (SSSR count). The molecule has 3 aromatic rings. The van der Waals surface area contributed by atoms with Crippen LogP contribution in [0.2, 0.25) is 0 Å². The van der Waals surface area contributed by atoms with Crippen LogP contribution in [0.5, 0.6) is 0 Å². The van der Waals surface area contributed by atoms with Gasteiger partial charge in [-0.05, 0) is 23.1 Å². The molecule has 0 N–H and O–H groups in total. The quantitative estimate of drug-likeness (QED) is 0.493. The van der Waals surface area contributed by atoms with Gasteiger partial charge in [-0.3, -0.25) is 10.1 Å². The predicted octanol–water partition coefficient (Wildman–Crippen LogP) is 4.97. The number of hydrogen-bond donors (Lipinski definition) is 0. The molecule has 0 heterocycles. The maximum absolute atomic E-state index is 10.8. The molecular weight excluding hydrogens is 286 g/mol. The fourth-order valence-corrected chi connectivity index (χ4v) is 2.79. The molecule has 23 heavy (non-hydrogen) atoms. The molecule has 0 radical (unpaired) electrons. The summed E-state index contributed by atoms with van der Waals surface area (Å²) in [5.74, 6) is 0.180.